The van der Waals surface area contributed by atoms with Gasteiger partial charge in [0.25, 0.3) is 0 Å². The van der Waals surface area contributed by atoms with Crippen LogP contribution in [0.15, 0.2) is 0 Å². The number of thiol groups is 1. The molecule has 1 N–H and O–H groups in total. The van der Waals surface area contributed by atoms with Crippen LogP contribution in [0.1, 0.15) is 26.2 Å². The van der Waals surface area contributed by atoms with Crippen molar-refractivity contribution in [1.82, 2.24) is 5.32 Å². The highest BCUT2D eigenvalue weighted by Crippen LogP contribution is 2.49. The average molecular weight is 265 g/mol. The van der Waals surface area contributed by atoms with Crippen molar-refractivity contribution in [1.29, 1.82) is 0 Å². The summed E-state index contributed by atoms with van der Waals surface area (Å²) in [6, 6.07) is 0. The first-order valence-electron chi connectivity index (χ1n) is 5.51. The van der Waals surface area contributed by atoms with E-state index < -0.39 is 9.84 Å². The fraction of sp³-hybridized carbons (Fsp3) is 0.900. The van der Waals surface area contributed by atoms with Crippen LogP contribution < -0.4 is 5.32 Å². The molecule has 0 aromatic rings. The van der Waals surface area contributed by atoms with Crippen LogP contribution in [0.4, 0.5) is 0 Å². The van der Waals surface area contributed by atoms with Crippen molar-refractivity contribution in [2.45, 2.75) is 26.2 Å². The Morgan fingerprint density at radius 3 is 2.50 bits per heavy atom. The minimum absolute atomic E-state index is 0.0309. The Labute approximate surface area is 103 Å². The van der Waals surface area contributed by atoms with Crippen LogP contribution in [0, 0.1) is 5.41 Å². The summed E-state index contributed by atoms with van der Waals surface area (Å²) in [4.78, 5) is 11.5. The molecule has 0 spiro atoms. The molecule has 0 aromatic heterocycles. The van der Waals surface area contributed by atoms with E-state index in [1.165, 1.54) is 0 Å². The molecule has 1 fully saturated rings. The summed E-state index contributed by atoms with van der Waals surface area (Å²) in [5, 5.41) is 2.65. The Bertz CT molecular complexity index is 347. The first-order chi connectivity index (χ1) is 7.43. The van der Waals surface area contributed by atoms with Crippen LogP contribution in [-0.4, -0.2) is 38.1 Å². The molecule has 0 heterocycles. The molecule has 0 saturated heterocycles. The first-order valence-corrected chi connectivity index (χ1v) is 7.96. The van der Waals surface area contributed by atoms with E-state index in [1.54, 1.807) is 6.92 Å². The molecule has 0 aromatic carbocycles. The van der Waals surface area contributed by atoms with E-state index in [-0.39, 0.29) is 29.4 Å². The van der Waals surface area contributed by atoms with E-state index in [4.69, 9.17) is 0 Å². The Morgan fingerprint density at radius 2 is 2.06 bits per heavy atom. The molecular weight excluding hydrogens is 246 g/mol. The Kier molecular flexibility index (Phi) is 4.67. The van der Waals surface area contributed by atoms with Gasteiger partial charge in [0.2, 0.25) is 5.91 Å². The van der Waals surface area contributed by atoms with E-state index in [0.717, 1.165) is 18.6 Å². The maximum absolute atomic E-state index is 11.5. The van der Waals surface area contributed by atoms with Crippen molar-refractivity contribution in [2.24, 2.45) is 5.41 Å². The molecule has 1 saturated carbocycles. The van der Waals surface area contributed by atoms with Crippen LogP contribution in [0.2, 0.25) is 0 Å². The number of carbonyl (C=O) groups excluding carboxylic acids is 1. The van der Waals surface area contributed by atoms with E-state index in [1.807, 2.05) is 0 Å². The van der Waals surface area contributed by atoms with E-state index >= 15 is 0 Å². The predicted octanol–water partition coefficient (Wildman–Crippen LogP) is 0.637. The number of sulfone groups is 1. The van der Waals surface area contributed by atoms with Crippen molar-refractivity contribution < 1.29 is 13.2 Å². The van der Waals surface area contributed by atoms with Crippen molar-refractivity contribution in [3.8, 4) is 0 Å². The van der Waals surface area contributed by atoms with Crippen LogP contribution in [0.25, 0.3) is 0 Å². The van der Waals surface area contributed by atoms with Gasteiger partial charge in [0, 0.05) is 18.7 Å². The number of hydrogen-bond acceptors (Lipinski definition) is 4. The highest BCUT2D eigenvalue weighted by molar-refractivity contribution is 7.91. The number of amides is 1. The second kappa shape index (κ2) is 5.40. The minimum atomic E-state index is -2.98. The first kappa shape index (κ1) is 13.8. The lowest BCUT2D eigenvalue weighted by Gasteiger charge is -2.11. The molecule has 16 heavy (non-hydrogen) atoms. The lowest BCUT2D eigenvalue weighted by molar-refractivity contribution is -0.121. The number of hydrogen-bond donors (Lipinski definition) is 2. The third-order valence-electron chi connectivity index (χ3n) is 3.00. The molecule has 0 aliphatic heterocycles. The zero-order valence-electron chi connectivity index (χ0n) is 9.53. The van der Waals surface area contributed by atoms with Gasteiger partial charge in [0.05, 0.1) is 5.75 Å². The summed E-state index contributed by atoms with van der Waals surface area (Å²) in [6.07, 6.45) is 2.58. The van der Waals surface area contributed by atoms with Crippen LogP contribution in [0.5, 0.6) is 0 Å². The molecule has 1 amide bonds. The van der Waals surface area contributed by atoms with E-state index in [0.29, 0.717) is 6.42 Å². The summed E-state index contributed by atoms with van der Waals surface area (Å²) < 4.78 is 22.3. The van der Waals surface area contributed by atoms with Crippen LogP contribution in [0.3, 0.4) is 0 Å². The lowest BCUT2D eigenvalue weighted by atomic mass is 10.1. The van der Waals surface area contributed by atoms with E-state index in [9.17, 15) is 13.2 Å². The summed E-state index contributed by atoms with van der Waals surface area (Å²) in [5.41, 5.74) is 0.0941. The van der Waals surface area contributed by atoms with Crippen molar-refractivity contribution in [3.05, 3.63) is 0 Å². The zero-order valence-corrected chi connectivity index (χ0v) is 11.2. The highest BCUT2D eigenvalue weighted by Gasteiger charge is 2.42. The SMILES string of the molecule is CCS(=O)(=O)CCNC(=O)CC1(CS)CC1. The predicted molar refractivity (Wildman–Crippen MR) is 67.5 cm³/mol. The molecule has 1 aliphatic rings. The number of nitrogens with one attached hydrogen (secondary N) is 1. The number of rotatable bonds is 7. The molecule has 1 rings (SSSR count). The quantitative estimate of drug-likeness (QED) is 0.664. The maximum Gasteiger partial charge on any atom is 0.220 e. The van der Waals surface area contributed by atoms with Gasteiger partial charge in [0.15, 0.2) is 9.84 Å². The van der Waals surface area contributed by atoms with Crippen molar-refractivity contribution in [2.75, 3.05) is 23.8 Å². The smallest absolute Gasteiger partial charge is 0.220 e. The summed E-state index contributed by atoms with van der Waals surface area (Å²) in [5.74, 6) is 0.832. The number of carbonyl (C=O) groups is 1. The topological polar surface area (TPSA) is 63.2 Å². The minimum Gasteiger partial charge on any atom is -0.355 e. The lowest BCUT2D eigenvalue weighted by Crippen LogP contribution is -2.31. The van der Waals surface area contributed by atoms with Gasteiger partial charge in [-0.2, -0.15) is 12.6 Å². The Balaban J connectivity index is 2.21. The van der Waals surface area contributed by atoms with Gasteiger partial charge >= 0.3 is 0 Å². The summed E-state index contributed by atoms with van der Waals surface area (Å²) in [6.45, 7) is 1.83. The van der Waals surface area contributed by atoms with Crippen molar-refractivity contribution >= 4 is 28.4 Å². The fourth-order valence-electron chi connectivity index (χ4n) is 1.46. The highest BCUT2D eigenvalue weighted by atomic mass is 32.2. The zero-order chi connectivity index (χ0) is 12.2. The third-order valence-corrected chi connectivity index (χ3v) is 5.38. The standard InChI is InChI=1S/C10H19NO3S2/c1-2-16(13,14)6-5-11-9(12)7-10(8-15)3-4-10/h15H,2-8H2,1H3,(H,11,12). The normalized spacial score (nSPS) is 18.1. The van der Waals surface area contributed by atoms with Crippen LogP contribution in [-0.2, 0) is 14.6 Å². The fourth-order valence-corrected chi connectivity index (χ4v) is 2.59. The molecule has 0 bridgehead atoms. The Morgan fingerprint density at radius 1 is 1.44 bits per heavy atom. The Hall–Kier alpha value is -0.230. The van der Waals surface area contributed by atoms with Gasteiger partial charge in [-0.15, -0.1) is 0 Å². The van der Waals surface area contributed by atoms with Gasteiger partial charge in [-0.05, 0) is 24.0 Å². The van der Waals surface area contributed by atoms with Gasteiger partial charge in [-0.1, -0.05) is 6.92 Å². The molecule has 6 heteroatoms. The van der Waals surface area contributed by atoms with E-state index in [2.05, 4.69) is 17.9 Å². The molecule has 0 unspecified atom stereocenters. The second-order valence-corrected chi connectivity index (χ2v) is 7.21. The average Bonchev–Trinajstić information content (AvgIpc) is 2.98. The third kappa shape index (κ3) is 4.33. The molecule has 0 radical (unpaired) electrons. The van der Waals surface area contributed by atoms with Gasteiger partial charge in [-0.25, -0.2) is 8.42 Å². The largest absolute Gasteiger partial charge is 0.355 e. The van der Waals surface area contributed by atoms with Gasteiger partial charge in [-0.3, -0.25) is 4.79 Å². The molecular formula is C10H19NO3S2. The van der Waals surface area contributed by atoms with Gasteiger partial charge in [0.1, 0.15) is 0 Å². The summed E-state index contributed by atoms with van der Waals surface area (Å²) >= 11 is 4.21. The molecule has 0 atom stereocenters. The monoisotopic (exact) mass is 265 g/mol. The molecule has 1 aliphatic carbocycles. The van der Waals surface area contributed by atoms with Crippen molar-refractivity contribution in [3.63, 3.8) is 0 Å². The van der Waals surface area contributed by atoms with Gasteiger partial charge < -0.3 is 5.32 Å². The van der Waals surface area contributed by atoms with Crippen LogP contribution >= 0.6 is 12.6 Å². The molecule has 94 valence electrons. The summed E-state index contributed by atoms with van der Waals surface area (Å²) in [7, 11) is -2.98. The second-order valence-electron chi connectivity index (χ2n) is 4.42. The molecule has 4 nitrogen and oxygen atoms in total. The maximum atomic E-state index is 11.5.